The van der Waals surface area contributed by atoms with Crippen LogP contribution in [0.5, 0.6) is 0 Å². The number of halogens is 1. The molecule has 0 radical (unpaired) electrons. The monoisotopic (exact) mass is 373 g/mol. The first-order valence-electron chi connectivity index (χ1n) is 7.49. The number of nitrogens with two attached hydrogens (primary N) is 1. The van der Waals surface area contributed by atoms with E-state index < -0.39 is 0 Å². The summed E-state index contributed by atoms with van der Waals surface area (Å²) in [5, 5.41) is 11.9. The molecule has 3 aromatic rings. The zero-order valence-electron chi connectivity index (χ0n) is 13.4. The van der Waals surface area contributed by atoms with Crippen LogP contribution in [0.2, 0.25) is 5.02 Å². The van der Waals surface area contributed by atoms with Crippen LogP contribution < -0.4 is 11.2 Å². The fraction of sp³-hybridized carbons (Fsp3) is 0.118. The lowest BCUT2D eigenvalue weighted by molar-refractivity contribution is -0.113. The zero-order chi connectivity index (χ0) is 17.8. The molecule has 0 aliphatic heterocycles. The number of rotatable bonds is 5. The second-order valence-electron chi connectivity index (χ2n) is 5.36. The molecule has 8 heteroatoms. The number of hydrogen-bond acceptors (Lipinski definition) is 5. The van der Waals surface area contributed by atoms with Crippen LogP contribution in [-0.2, 0) is 4.79 Å². The Kier molecular flexibility index (Phi) is 5.25. The van der Waals surface area contributed by atoms with Gasteiger partial charge in [-0.05, 0) is 19.1 Å². The third kappa shape index (κ3) is 4.12. The van der Waals surface area contributed by atoms with Crippen LogP contribution in [0.25, 0.3) is 11.4 Å². The van der Waals surface area contributed by atoms with Gasteiger partial charge in [0.1, 0.15) is 0 Å². The number of nitrogens with one attached hydrogen (secondary N) is 1. The highest BCUT2D eigenvalue weighted by atomic mass is 35.5. The van der Waals surface area contributed by atoms with Crippen molar-refractivity contribution in [3.63, 3.8) is 0 Å². The molecule has 128 valence electrons. The molecule has 0 bridgehead atoms. The highest BCUT2D eigenvalue weighted by Crippen LogP contribution is 2.23. The summed E-state index contributed by atoms with van der Waals surface area (Å²) in [6.45, 7) is 2.01. The topological polar surface area (TPSA) is 85.8 Å². The van der Waals surface area contributed by atoms with Crippen molar-refractivity contribution in [2.45, 2.75) is 12.1 Å². The maximum atomic E-state index is 12.1. The molecule has 0 fully saturated rings. The largest absolute Gasteiger partial charge is 0.335 e. The van der Waals surface area contributed by atoms with E-state index in [2.05, 4.69) is 15.5 Å². The van der Waals surface area contributed by atoms with Crippen molar-refractivity contribution in [3.8, 4) is 11.4 Å². The van der Waals surface area contributed by atoms with E-state index in [0.29, 0.717) is 21.7 Å². The van der Waals surface area contributed by atoms with Crippen molar-refractivity contribution in [2.75, 3.05) is 16.9 Å². The van der Waals surface area contributed by atoms with E-state index in [9.17, 15) is 4.79 Å². The number of nitrogen functional groups attached to an aromatic ring is 1. The molecule has 1 amide bonds. The van der Waals surface area contributed by atoms with E-state index in [1.165, 1.54) is 16.4 Å². The quantitative estimate of drug-likeness (QED) is 0.529. The number of carbonyl (C=O) groups excluding carboxylic acids is 1. The molecule has 6 nitrogen and oxygen atoms in total. The van der Waals surface area contributed by atoms with Crippen LogP contribution >= 0.6 is 23.4 Å². The molecular formula is C17H16ClN5OS. The minimum Gasteiger partial charge on any atom is -0.335 e. The number of amides is 1. The third-order valence-corrected chi connectivity index (χ3v) is 4.73. The lowest BCUT2D eigenvalue weighted by atomic mass is 10.1. The number of anilines is 1. The summed E-state index contributed by atoms with van der Waals surface area (Å²) >= 11 is 7.23. The van der Waals surface area contributed by atoms with Gasteiger partial charge in [-0.3, -0.25) is 4.79 Å². The minimum absolute atomic E-state index is 0.147. The molecule has 0 atom stereocenters. The summed E-state index contributed by atoms with van der Waals surface area (Å²) in [6, 6.07) is 14.9. The standard InChI is InChI=1S/C17H16ClN5OS/c1-11-6-8-12(9-7-11)16-21-22-17(23(16)19)25-10-15(24)20-14-5-3-2-4-13(14)18/h2-9H,10,19H2,1H3,(H,20,24). The van der Waals surface area contributed by atoms with Gasteiger partial charge in [0, 0.05) is 5.56 Å². The predicted molar refractivity (Wildman–Crippen MR) is 101 cm³/mol. The molecule has 0 unspecified atom stereocenters. The van der Waals surface area contributed by atoms with Crippen LogP contribution in [0.1, 0.15) is 5.56 Å². The molecule has 0 aliphatic carbocycles. The molecule has 0 saturated carbocycles. The third-order valence-electron chi connectivity index (χ3n) is 3.45. The molecule has 25 heavy (non-hydrogen) atoms. The molecule has 3 N–H and O–H groups in total. The number of thioether (sulfide) groups is 1. The average Bonchev–Trinajstić information content (AvgIpc) is 2.97. The number of aryl methyl sites for hydroxylation is 1. The van der Waals surface area contributed by atoms with Crippen LogP contribution in [0.15, 0.2) is 53.7 Å². The summed E-state index contributed by atoms with van der Waals surface area (Å²) in [4.78, 5) is 12.1. The first-order chi connectivity index (χ1) is 12.0. The van der Waals surface area contributed by atoms with Crippen LogP contribution in [0.4, 0.5) is 5.69 Å². The molecule has 0 saturated heterocycles. The Bertz CT molecular complexity index is 894. The van der Waals surface area contributed by atoms with Crippen LogP contribution in [0, 0.1) is 6.92 Å². The first kappa shape index (κ1) is 17.3. The van der Waals surface area contributed by atoms with Crippen LogP contribution in [-0.4, -0.2) is 26.5 Å². The summed E-state index contributed by atoms with van der Waals surface area (Å²) in [5.74, 6) is 6.56. The van der Waals surface area contributed by atoms with Crippen molar-refractivity contribution in [2.24, 2.45) is 0 Å². The smallest absolute Gasteiger partial charge is 0.234 e. The van der Waals surface area contributed by atoms with Gasteiger partial charge in [-0.25, -0.2) is 4.68 Å². The molecule has 2 aromatic carbocycles. The van der Waals surface area contributed by atoms with Crippen molar-refractivity contribution in [1.29, 1.82) is 0 Å². The molecule has 0 spiro atoms. The number of aromatic nitrogens is 3. The molecule has 3 rings (SSSR count). The summed E-state index contributed by atoms with van der Waals surface area (Å²) in [6.07, 6.45) is 0. The summed E-state index contributed by atoms with van der Waals surface area (Å²) in [7, 11) is 0. The fourth-order valence-corrected chi connectivity index (χ4v) is 2.99. The fourth-order valence-electron chi connectivity index (χ4n) is 2.15. The molecule has 0 aliphatic rings. The molecule has 1 heterocycles. The van der Waals surface area contributed by atoms with Gasteiger partial charge < -0.3 is 11.2 Å². The number of carbonyl (C=O) groups is 1. The Morgan fingerprint density at radius 2 is 1.92 bits per heavy atom. The first-order valence-corrected chi connectivity index (χ1v) is 8.85. The maximum absolute atomic E-state index is 12.1. The van der Waals surface area contributed by atoms with Crippen LogP contribution in [0.3, 0.4) is 0 Å². The van der Waals surface area contributed by atoms with E-state index in [0.717, 1.165) is 11.1 Å². The molecular weight excluding hydrogens is 358 g/mol. The van der Waals surface area contributed by atoms with Gasteiger partial charge in [0.2, 0.25) is 11.1 Å². The van der Waals surface area contributed by atoms with E-state index >= 15 is 0 Å². The lowest BCUT2D eigenvalue weighted by Gasteiger charge is -2.07. The Labute approximate surface area is 154 Å². The van der Waals surface area contributed by atoms with Gasteiger partial charge in [0.05, 0.1) is 16.5 Å². The van der Waals surface area contributed by atoms with Gasteiger partial charge in [0.25, 0.3) is 0 Å². The van der Waals surface area contributed by atoms with Gasteiger partial charge >= 0.3 is 0 Å². The summed E-state index contributed by atoms with van der Waals surface area (Å²) in [5.41, 5.74) is 2.59. The minimum atomic E-state index is -0.196. The van der Waals surface area contributed by atoms with Crippen molar-refractivity contribution < 1.29 is 4.79 Å². The van der Waals surface area contributed by atoms with E-state index in [1.54, 1.807) is 24.3 Å². The maximum Gasteiger partial charge on any atom is 0.234 e. The van der Waals surface area contributed by atoms with Gasteiger partial charge in [-0.1, -0.05) is 65.3 Å². The Balaban J connectivity index is 1.65. The van der Waals surface area contributed by atoms with E-state index in [-0.39, 0.29) is 11.7 Å². The lowest BCUT2D eigenvalue weighted by Crippen LogP contribution is -2.16. The zero-order valence-corrected chi connectivity index (χ0v) is 15.0. The van der Waals surface area contributed by atoms with Crippen molar-refractivity contribution in [1.82, 2.24) is 14.9 Å². The van der Waals surface area contributed by atoms with Crippen molar-refractivity contribution in [3.05, 3.63) is 59.1 Å². The summed E-state index contributed by atoms with van der Waals surface area (Å²) < 4.78 is 1.39. The Morgan fingerprint density at radius 1 is 1.20 bits per heavy atom. The Hall–Kier alpha value is -2.51. The number of benzene rings is 2. The van der Waals surface area contributed by atoms with Gasteiger partial charge in [0.15, 0.2) is 5.82 Å². The van der Waals surface area contributed by atoms with Gasteiger partial charge in [-0.2, -0.15) is 0 Å². The second-order valence-corrected chi connectivity index (χ2v) is 6.71. The number of para-hydroxylation sites is 1. The highest BCUT2D eigenvalue weighted by molar-refractivity contribution is 7.99. The second kappa shape index (κ2) is 7.58. The van der Waals surface area contributed by atoms with Gasteiger partial charge in [-0.15, -0.1) is 10.2 Å². The van der Waals surface area contributed by atoms with E-state index in [4.69, 9.17) is 17.4 Å². The highest BCUT2D eigenvalue weighted by Gasteiger charge is 2.14. The van der Waals surface area contributed by atoms with Crippen molar-refractivity contribution >= 4 is 35.0 Å². The normalized spacial score (nSPS) is 10.6. The SMILES string of the molecule is Cc1ccc(-c2nnc(SCC(=O)Nc3ccccc3Cl)n2N)cc1. The molecule has 1 aromatic heterocycles. The Morgan fingerprint density at radius 3 is 2.64 bits per heavy atom. The van der Waals surface area contributed by atoms with E-state index in [1.807, 2.05) is 31.2 Å². The number of hydrogen-bond donors (Lipinski definition) is 2. The predicted octanol–water partition coefficient (Wildman–Crippen LogP) is 3.35. The number of nitrogens with zero attached hydrogens (tertiary/aromatic N) is 3. The average molecular weight is 374 g/mol.